The van der Waals surface area contributed by atoms with Gasteiger partial charge in [0, 0.05) is 6.04 Å². The minimum Gasteiger partial charge on any atom is -0.395 e. The Morgan fingerprint density at radius 2 is 1.77 bits per heavy atom. The second kappa shape index (κ2) is 10.2. The van der Waals surface area contributed by atoms with Gasteiger partial charge in [-0.25, -0.2) is 4.39 Å². The summed E-state index contributed by atoms with van der Waals surface area (Å²) in [6, 6.07) is 11.6. The van der Waals surface area contributed by atoms with Crippen LogP contribution in [0.4, 0.5) is 15.8 Å². The van der Waals surface area contributed by atoms with E-state index in [1.165, 1.54) is 18.2 Å². The molecule has 1 fully saturated rings. The Bertz CT molecular complexity index is 1250. The second-order valence-corrected chi connectivity index (χ2v) is 9.34. The maximum atomic E-state index is 15.1. The third-order valence-electron chi connectivity index (χ3n) is 6.09. The predicted molar refractivity (Wildman–Crippen MR) is 133 cm³/mol. The first-order valence-electron chi connectivity index (χ1n) is 11.3. The Morgan fingerprint density at radius 3 is 2.37 bits per heavy atom. The van der Waals surface area contributed by atoms with Crippen LogP contribution in [0.15, 0.2) is 48.5 Å². The quantitative estimate of drug-likeness (QED) is 0.460. The highest BCUT2D eigenvalue weighted by Gasteiger charge is 2.38. The van der Waals surface area contributed by atoms with Crippen LogP contribution in [0.5, 0.6) is 0 Å². The lowest BCUT2D eigenvalue weighted by Gasteiger charge is -2.32. The number of para-hydroxylation sites is 1. The number of amides is 3. The van der Waals surface area contributed by atoms with E-state index in [9.17, 15) is 14.4 Å². The average molecular weight is 496 g/mol. The van der Waals surface area contributed by atoms with Gasteiger partial charge in [0.2, 0.25) is 5.91 Å². The number of nitrogens with zero attached hydrogens (tertiary/aromatic N) is 2. The zero-order chi connectivity index (χ0) is 25.1. The van der Waals surface area contributed by atoms with Crippen molar-refractivity contribution in [2.45, 2.75) is 44.7 Å². The molecule has 0 saturated heterocycles. The fourth-order valence-electron chi connectivity index (χ4n) is 4.27. The van der Waals surface area contributed by atoms with E-state index < -0.39 is 29.6 Å². The summed E-state index contributed by atoms with van der Waals surface area (Å²) in [5, 5.41) is 3.03. The lowest BCUT2D eigenvalue weighted by atomic mass is 10.0. The van der Waals surface area contributed by atoms with E-state index in [-0.39, 0.29) is 28.0 Å². The van der Waals surface area contributed by atoms with E-state index in [1.54, 1.807) is 18.2 Å². The molecule has 0 aliphatic heterocycles. The SMILES string of the molecule is Cc1ccc(C(C(=O)NC2CCCC2)N(C(=O)c2snc(C(N)=O)c2N)c2ccccc2F)cc1. The van der Waals surface area contributed by atoms with Crippen molar-refractivity contribution in [2.24, 2.45) is 5.73 Å². The molecule has 1 unspecified atom stereocenters. The molecule has 0 spiro atoms. The lowest BCUT2D eigenvalue weighted by Crippen LogP contribution is -2.46. The largest absolute Gasteiger partial charge is 0.395 e. The Hall–Kier alpha value is -3.79. The first-order valence-corrected chi connectivity index (χ1v) is 12.0. The lowest BCUT2D eigenvalue weighted by molar-refractivity contribution is -0.123. The van der Waals surface area contributed by atoms with Crippen LogP contribution in [0.25, 0.3) is 0 Å². The number of nitrogens with one attached hydrogen (secondary N) is 1. The van der Waals surface area contributed by atoms with Crippen molar-refractivity contribution in [3.8, 4) is 0 Å². The summed E-state index contributed by atoms with van der Waals surface area (Å²) in [7, 11) is 0. The van der Waals surface area contributed by atoms with Gasteiger partial charge in [-0.2, -0.15) is 4.37 Å². The number of benzene rings is 2. The third kappa shape index (κ3) is 5.02. The number of aryl methyl sites for hydroxylation is 1. The fraction of sp³-hybridized carbons (Fsp3) is 0.280. The highest BCUT2D eigenvalue weighted by atomic mass is 32.1. The van der Waals surface area contributed by atoms with Crippen LogP contribution in [0, 0.1) is 12.7 Å². The average Bonchev–Trinajstić information content (AvgIpc) is 3.48. The Labute approximate surface area is 206 Å². The number of nitrogens with two attached hydrogens (primary N) is 2. The monoisotopic (exact) mass is 495 g/mol. The molecule has 1 atom stereocenters. The van der Waals surface area contributed by atoms with Gasteiger partial charge in [0.1, 0.15) is 16.7 Å². The molecule has 10 heteroatoms. The molecule has 1 aliphatic rings. The van der Waals surface area contributed by atoms with Gasteiger partial charge in [-0.05, 0) is 49.0 Å². The van der Waals surface area contributed by atoms with E-state index in [4.69, 9.17) is 11.5 Å². The Morgan fingerprint density at radius 1 is 1.11 bits per heavy atom. The van der Waals surface area contributed by atoms with Gasteiger partial charge in [-0.1, -0.05) is 54.8 Å². The number of carbonyl (C=O) groups is 3. The molecule has 182 valence electrons. The highest BCUT2D eigenvalue weighted by molar-refractivity contribution is 7.09. The van der Waals surface area contributed by atoms with E-state index >= 15 is 4.39 Å². The number of nitrogen functional groups attached to an aromatic ring is 1. The number of hydrogen-bond acceptors (Lipinski definition) is 6. The van der Waals surface area contributed by atoms with Gasteiger partial charge < -0.3 is 16.8 Å². The van der Waals surface area contributed by atoms with Gasteiger partial charge in [0.15, 0.2) is 5.69 Å². The Kier molecular flexibility index (Phi) is 7.11. The zero-order valence-electron chi connectivity index (χ0n) is 19.2. The van der Waals surface area contributed by atoms with E-state index in [1.807, 2.05) is 19.1 Å². The summed E-state index contributed by atoms with van der Waals surface area (Å²) in [6.45, 7) is 1.90. The molecule has 4 rings (SSSR count). The standard InChI is InChI=1S/C25H26FN5O3S/c1-14-10-12-15(13-11-14)21(24(33)29-16-6-2-3-7-16)31(18-9-5-4-8-17(18)26)25(34)22-19(27)20(23(28)32)30-35-22/h4-5,8-13,16,21H,2-3,6-7,27H2,1H3,(H2,28,32)(H,29,33). The van der Waals surface area contributed by atoms with Crippen molar-refractivity contribution < 1.29 is 18.8 Å². The van der Waals surface area contributed by atoms with Crippen LogP contribution in [0.2, 0.25) is 0 Å². The van der Waals surface area contributed by atoms with Gasteiger partial charge in [-0.3, -0.25) is 19.3 Å². The molecule has 3 amide bonds. The number of carbonyl (C=O) groups excluding carboxylic acids is 3. The molecule has 35 heavy (non-hydrogen) atoms. The molecule has 0 radical (unpaired) electrons. The summed E-state index contributed by atoms with van der Waals surface area (Å²) in [5.41, 5.74) is 12.3. The molecular weight excluding hydrogens is 469 g/mol. The van der Waals surface area contributed by atoms with Crippen LogP contribution < -0.4 is 21.7 Å². The molecule has 5 N–H and O–H groups in total. The molecule has 1 aliphatic carbocycles. The molecule has 8 nitrogen and oxygen atoms in total. The third-order valence-corrected chi connectivity index (χ3v) is 6.94. The van der Waals surface area contributed by atoms with Crippen LogP contribution in [0.1, 0.15) is 63.0 Å². The number of anilines is 2. The minimum absolute atomic E-state index is 0.0250. The molecule has 1 heterocycles. The smallest absolute Gasteiger partial charge is 0.273 e. The Balaban J connectivity index is 1.86. The summed E-state index contributed by atoms with van der Waals surface area (Å²) in [5.74, 6) is -2.77. The highest BCUT2D eigenvalue weighted by Crippen LogP contribution is 2.35. The first-order chi connectivity index (χ1) is 16.8. The molecule has 1 saturated carbocycles. The maximum absolute atomic E-state index is 15.1. The van der Waals surface area contributed by atoms with Crippen LogP contribution in [-0.4, -0.2) is 28.1 Å². The fourth-order valence-corrected chi connectivity index (χ4v) is 5.01. The topological polar surface area (TPSA) is 131 Å². The zero-order valence-corrected chi connectivity index (χ0v) is 20.0. The van der Waals surface area contributed by atoms with Crippen molar-refractivity contribution in [1.29, 1.82) is 0 Å². The van der Waals surface area contributed by atoms with Gasteiger partial charge >= 0.3 is 0 Å². The normalized spacial score (nSPS) is 14.5. The number of primary amides is 1. The van der Waals surface area contributed by atoms with Gasteiger partial charge in [-0.15, -0.1) is 0 Å². The van der Waals surface area contributed by atoms with E-state index in [0.717, 1.165) is 36.1 Å². The number of aromatic nitrogens is 1. The van der Waals surface area contributed by atoms with E-state index in [0.29, 0.717) is 17.1 Å². The maximum Gasteiger partial charge on any atom is 0.273 e. The molecule has 3 aromatic rings. The molecular formula is C25H26FN5O3S. The van der Waals surface area contributed by atoms with E-state index in [2.05, 4.69) is 9.69 Å². The predicted octanol–water partition coefficient (Wildman–Crippen LogP) is 3.72. The van der Waals surface area contributed by atoms with Crippen LogP contribution >= 0.6 is 11.5 Å². The van der Waals surface area contributed by atoms with Crippen LogP contribution in [-0.2, 0) is 4.79 Å². The van der Waals surface area contributed by atoms with Crippen molar-refractivity contribution in [3.05, 3.63) is 76.0 Å². The number of hydrogen-bond donors (Lipinski definition) is 3. The van der Waals surface area contributed by atoms with Gasteiger partial charge in [0.05, 0.1) is 11.4 Å². The van der Waals surface area contributed by atoms with Crippen molar-refractivity contribution >= 4 is 40.6 Å². The summed E-state index contributed by atoms with van der Waals surface area (Å²) >= 11 is 0.680. The first kappa shape index (κ1) is 24.3. The van der Waals surface area contributed by atoms with Crippen molar-refractivity contribution in [1.82, 2.24) is 9.69 Å². The van der Waals surface area contributed by atoms with Crippen LogP contribution in [0.3, 0.4) is 0 Å². The second-order valence-electron chi connectivity index (χ2n) is 8.57. The number of rotatable bonds is 7. The van der Waals surface area contributed by atoms with Gasteiger partial charge in [0.25, 0.3) is 11.8 Å². The molecule has 1 aromatic heterocycles. The summed E-state index contributed by atoms with van der Waals surface area (Å²) < 4.78 is 19.0. The summed E-state index contributed by atoms with van der Waals surface area (Å²) in [4.78, 5) is 40.3. The molecule has 0 bridgehead atoms. The number of halogens is 1. The van der Waals surface area contributed by atoms with Crippen molar-refractivity contribution in [2.75, 3.05) is 10.6 Å². The minimum atomic E-state index is -1.20. The molecule has 2 aromatic carbocycles. The van der Waals surface area contributed by atoms with Crippen molar-refractivity contribution in [3.63, 3.8) is 0 Å². The summed E-state index contributed by atoms with van der Waals surface area (Å²) in [6.07, 6.45) is 3.68.